The lowest BCUT2D eigenvalue weighted by Crippen LogP contribution is -2.51. The van der Waals surface area contributed by atoms with Crippen molar-refractivity contribution in [3.63, 3.8) is 0 Å². The van der Waals surface area contributed by atoms with Gasteiger partial charge in [-0.05, 0) is 81.1 Å². The van der Waals surface area contributed by atoms with Gasteiger partial charge in [0.25, 0.3) is 0 Å². The van der Waals surface area contributed by atoms with Crippen molar-refractivity contribution in [3.8, 4) is 17.2 Å². The summed E-state index contributed by atoms with van der Waals surface area (Å²) < 4.78 is 6.13. The molecule has 0 unspecified atom stereocenters. The summed E-state index contributed by atoms with van der Waals surface area (Å²) in [6.07, 6.45) is 3.78. The first-order valence-corrected chi connectivity index (χ1v) is 14.1. The van der Waals surface area contributed by atoms with Gasteiger partial charge in [0.15, 0.2) is 0 Å². The van der Waals surface area contributed by atoms with Crippen molar-refractivity contribution in [1.82, 2.24) is 14.9 Å². The summed E-state index contributed by atoms with van der Waals surface area (Å²) in [4.78, 5) is 23.2. The maximum absolute atomic E-state index is 13.3. The Morgan fingerprint density at radius 1 is 1.02 bits per heavy atom. The fraction of sp³-hybridized carbons (Fsp3) is 0.314. The van der Waals surface area contributed by atoms with Crippen LogP contribution in [-0.4, -0.2) is 38.2 Å². The molecule has 3 heterocycles. The van der Waals surface area contributed by atoms with E-state index >= 15 is 0 Å². The molecule has 1 aliphatic heterocycles. The molecule has 2 aromatic carbocycles. The first kappa shape index (κ1) is 30.4. The Bertz CT molecular complexity index is 1510. The third-order valence-corrected chi connectivity index (χ3v) is 7.36. The monoisotopic (exact) mass is 562 g/mol. The Morgan fingerprint density at radius 3 is 2.21 bits per heavy atom. The van der Waals surface area contributed by atoms with E-state index in [1.165, 1.54) is 6.20 Å². The van der Waals surface area contributed by atoms with E-state index in [-0.39, 0.29) is 12.1 Å². The van der Waals surface area contributed by atoms with Crippen LogP contribution in [0.5, 0.6) is 0 Å². The average Bonchev–Trinajstić information content (AvgIpc) is 2.97. The topological polar surface area (TPSA) is 99.3 Å². The van der Waals surface area contributed by atoms with Gasteiger partial charge in [-0.3, -0.25) is 9.97 Å². The second-order valence-corrected chi connectivity index (χ2v) is 11.5. The molecule has 4 aromatic rings. The summed E-state index contributed by atoms with van der Waals surface area (Å²) in [7, 11) is 0. The SMILES string of the molecule is Cc1cc(-c2ccc([C@H](C)N3CC[C@](CC(C)(C)O)(c4ccccc4)OC3=O)cc2)cc(C)n1.N#Cc1cccnc1. The van der Waals surface area contributed by atoms with Crippen LogP contribution >= 0.6 is 0 Å². The first-order chi connectivity index (χ1) is 20.0. The van der Waals surface area contributed by atoms with Crippen LogP contribution in [0, 0.1) is 25.2 Å². The quantitative estimate of drug-likeness (QED) is 0.265. The van der Waals surface area contributed by atoms with Crippen molar-refractivity contribution in [1.29, 1.82) is 5.26 Å². The van der Waals surface area contributed by atoms with Crippen LogP contribution in [-0.2, 0) is 10.3 Å². The van der Waals surface area contributed by atoms with E-state index in [0.29, 0.717) is 24.9 Å². The molecule has 7 nitrogen and oxygen atoms in total. The number of nitrogens with zero attached hydrogens (tertiary/aromatic N) is 4. The summed E-state index contributed by atoms with van der Waals surface area (Å²) in [5, 5.41) is 18.8. The van der Waals surface area contributed by atoms with Gasteiger partial charge < -0.3 is 14.7 Å². The molecule has 1 aliphatic rings. The highest BCUT2D eigenvalue weighted by Crippen LogP contribution is 2.42. The summed E-state index contributed by atoms with van der Waals surface area (Å²) in [6.45, 7) is 10.1. The first-order valence-electron chi connectivity index (χ1n) is 14.1. The highest BCUT2D eigenvalue weighted by atomic mass is 16.6. The molecule has 1 amide bonds. The van der Waals surface area contributed by atoms with Crippen LogP contribution in [0.25, 0.3) is 11.1 Å². The molecule has 2 aromatic heterocycles. The van der Waals surface area contributed by atoms with Gasteiger partial charge in [0.2, 0.25) is 0 Å². The average molecular weight is 563 g/mol. The van der Waals surface area contributed by atoms with Crippen LogP contribution in [0.3, 0.4) is 0 Å². The minimum absolute atomic E-state index is 0.127. The van der Waals surface area contributed by atoms with Crippen molar-refractivity contribution in [2.45, 2.75) is 64.7 Å². The molecule has 1 N–H and O–H groups in total. The molecule has 0 saturated carbocycles. The van der Waals surface area contributed by atoms with Crippen LogP contribution < -0.4 is 0 Å². The number of aromatic nitrogens is 2. The number of hydrogen-bond acceptors (Lipinski definition) is 6. The molecular formula is C35H38N4O3. The molecule has 0 radical (unpaired) electrons. The Hall–Kier alpha value is -4.54. The lowest BCUT2D eigenvalue weighted by Gasteiger charge is -2.45. The second-order valence-electron chi connectivity index (χ2n) is 11.5. The highest BCUT2D eigenvalue weighted by molar-refractivity contribution is 5.70. The third-order valence-electron chi connectivity index (χ3n) is 7.36. The van der Waals surface area contributed by atoms with Crippen LogP contribution in [0.2, 0.25) is 0 Å². The van der Waals surface area contributed by atoms with Gasteiger partial charge in [0.1, 0.15) is 11.7 Å². The van der Waals surface area contributed by atoms with E-state index in [1.807, 2.05) is 57.2 Å². The minimum atomic E-state index is -0.969. The van der Waals surface area contributed by atoms with E-state index < -0.39 is 11.2 Å². The lowest BCUT2D eigenvalue weighted by atomic mass is 9.80. The molecule has 1 fully saturated rings. The predicted molar refractivity (Wildman–Crippen MR) is 163 cm³/mol. The number of cyclic esters (lactones) is 1. The molecule has 5 rings (SSSR count). The van der Waals surface area contributed by atoms with Crippen molar-refractivity contribution in [2.24, 2.45) is 0 Å². The smallest absolute Gasteiger partial charge is 0.411 e. The van der Waals surface area contributed by atoms with Crippen molar-refractivity contribution < 1.29 is 14.6 Å². The van der Waals surface area contributed by atoms with Crippen LogP contribution in [0.4, 0.5) is 4.79 Å². The largest absolute Gasteiger partial charge is 0.438 e. The summed E-state index contributed by atoms with van der Waals surface area (Å²) >= 11 is 0. The number of hydrogen-bond donors (Lipinski definition) is 1. The number of ether oxygens (including phenoxy) is 1. The van der Waals surface area contributed by atoms with Crippen molar-refractivity contribution >= 4 is 6.09 Å². The van der Waals surface area contributed by atoms with Gasteiger partial charge in [-0.15, -0.1) is 0 Å². The highest BCUT2D eigenvalue weighted by Gasteiger charge is 2.46. The third kappa shape index (κ3) is 7.59. The van der Waals surface area contributed by atoms with Gasteiger partial charge in [-0.1, -0.05) is 54.6 Å². The standard InChI is InChI=1S/C29H34N2O3.C6H4N2/c1-20-17-25(18-21(2)30-20)24-13-11-23(12-14-24)22(3)31-16-15-29(34-27(31)32,19-28(4,5)33)26-9-7-6-8-10-26;7-4-6-2-1-3-8-5-6/h6-14,17-18,22,33H,15-16,19H2,1-5H3;1-3,5H/t22-,29-;/m0./s1. The number of carbonyl (C=O) groups excluding carboxylic acids is 1. The van der Waals surface area contributed by atoms with Gasteiger partial charge in [0, 0.05) is 43.2 Å². The van der Waals surface area contributed by atoms with E-state index in [1.54, 1.807) is 37.1 Å². The molecule has 1 saturated heterocycles. The maximum atomic E-state index is 13.3. The Labute approximate surface area is 248 Å². The molecule has 2 atom stereocenters. The molecule has 42 heavy (non-hydrogen) atoms. The fourth-order valence-corrected chi connectivity index (χ4v) is 5.46. The molecule has 0 aliphatic carbocycles. The zero-order chi connectivity index (χ0) is 30.3. The fourth-order valence-electron chi connectivity index (χ4n) is 5.46. The maximum Gasteiger partial charge on any atom is 0.411 e. The summed E-state index contributed by atoms with van der Waals surface area (Å²) in [6, 6.07) is 27.6. The second kappa shape index (κ2) is 13.0. The molecular weight excluding hydrogens is 524 g/mol. The zero-order valence-corrected chi connectivity index (χ0v) is 24.9. The molecule has 0 spiro atoms. The zero-order valence-electron chi connectivity index (χ0n) is 24.9. The van der Waals surface area contributed by atoms with E-state index in [0.717, 1.165) is 33.6 Å². The number of amides is 1. The lowest BCUT2D eigenvalue weighted by molar-refractivity contribution is -0.101. The number of benzene rings is 2. The number of nitriles is 1. The number of aliphatic hydroxyl groups is 1. The summed E-state index contributed by atoms with van der Waals surface area (Å²) in [5.41, 5.74) is 5.03. The number of pyridine rings is 2. The number of rotatable bonds is 6. The minimum Gasteiger partial charge on any atom is -0.438 e. The molecule has 7 heteroatoms. The summed E-state index contributed by atoms with van der Waals surface area (Å²) in [5.74, 6) is 0. The Morgan fingerprint density at radius 2 is 1.69 bits per heavy atom. The van der Waals surface area contributed by atoms with Gasteiger partial charge >= 0.3 is 6.09 Å². The van der Waals surface area contributed by atoms with Crippen molar-refractivity contribution in [2.75, 3.05) is 6.54 Å². The molecule has 216 valence electrons. The van der Waals surface area contributed by atoms with E-state index in [4.69, 9.17) is 10.00 Å². The van der Waals surface area contributed by atoms with Crippen LogP contribution in [0.15, 0.2) is 91.3 Å². The van der Waals surface area contributed by atoms with E-state index in [9.17, 15) is 9.90 Å². The van der Waals surface area contributed by atoms with Crippen LogP contribution in [0.1, 0.15) is 67.7 Å². The number of carbonyl (C=O) groups is 1. The number of aryl methyl sites for hydroxylation is 2. The van der Waals surface area contributed by atoms with Gasteiger partial charge in [-0.25, -0.2) is 4.79 Å². The van der Waals surface area contributed by atoms with E-state index in [2.05, 4.69) is 46.4 Å². The normalized spacial score (nSPS) is 17.4. The van der Waals surface area contributed by atoms with Gasteiger partial charge in [-0.2, -0.15) is 5.26 Å². The Balaban J connectivity index is 0.000000437. The van der Waals surface area contributed by atoms with Gasteiger partial charge in [0.05, 0.1) is 17.2 Å². The predicted octanol–water partition coefficient (Wildman–Crippen LogP) is 7.28. The van der Waals surface area contributed by atoms with Crippen molar-refractivity contribution in [3.05, 3.63) is 119 Å². The Kier molecular flexibility index (Phi) is 9.39. The molecule has 0 bridgehead atoms.